The Morgan fingerprint density at radius 1 is 1.39 bits per heavy atom. The molecular formula is C14H18ClN3. The van der Waals surface area contributed by atoms with E-state index in [2.05, 4.69) is 23.3 Å². The third-order valence-corrected chi connectivity index (χ3v) is 3.74. The molecule has 18 heavy (non-hydrogen) atoms. The van der Waals surface area contributed by atoms with Gasteiger partial charge < -0.3 is 10.2 Å². The van der Waals surface area contributed by atoms with Crippen molar-refractivity contribution in [1.82, 2.24) is 4.90 Å². The molecule has 0 bridgehead atoms. The highest BCUT2D eigenvalue weighted by molar-refractivity contribution is 6.33. The minimum atomic E-state index is 0.446. The summed E-state index contributed by atoms with van der Waals surface area (Å²) in [5.74, 6) is 0. The van der Waals surface area contributed by atoms with Gasteiger partial charge in [-0.25, -0.2) is 0 Å². The number of hydrogen-bond donors (Lipinski definition) is 1. The quantitative estimate of drug-likeness (QED) is 0.891. The van der Waals surface area contributed by atoms with Gasteiger partial charge in [0.2, 0.25) is 0 Å². The molecule has 2 rings (SSSR count). The van der Waals surface area contributed by atoms with Crippen LogP contribution in [0.2, 0.25) is 5.02 Å². The van der Waals surface area contributed by atoms with E-state index in [0.29, 0.717) is 16.6 Å². The minimum Gasteiger partial charge on any atom is -0.381 e. The second-order valence-electron chi connectivity index (χ2n) is 4.88. The van der Waals surface area contributed by atoms with E-state index in [0.717, 1.165) is 31.6 Å². The van der Waals surface area contributed by atoms with Gasteiger partial charge in [-0.2, -0.15) is 5.26 Å². The van der Waals surface area contributed by atoms with Gasteiger partial charge in [-0.1, -0.05) is 11.6 Å². The van der Waals surface area contributed by atoms with Crippen LogP contribution in [-0.2, 0) is 0 Å². The molecule has 1 aromatic carbocycles. The maximum absolute atomic E-state index is 8.91. The number of nitriles is 1. The monoisotopic (exact) mass is 263 g/mol. The van der Waals surface area contributed by atoms with E-state index in [-0.39, 0.29) is 0 Å². The van der Waals surface area contributed by atoms with Gasteiger partial charge in [0.05, 0.1) is 22.3 Å². The number of nitrogens with one attached hydrogen (secondary N) is 1. The molecule has 0 amide bonds. The lowest BCUT2D eigenvalue weighted by Gasteiger charge is -2.19. The van der Waals surface area contributed by atoms with Crippen LogP contribution in [0, 0.1) is 11.3 Å². The smallest absolute Gasteiger partial charge is 0.0992 e. The fraction of sp³-hybridized carbons (Fsp3) is 0.500. The molecule has 1 fully saturated rings. The molecule has 1 aromatic rings. The Balaban J connectivity index is 2.06. The average Bonchev–Trinajstić information content (AvgIpc) is 2.57. The summed E-state index contributed by atoms with van der Waals surface area (Å²) >= 11 is 6.16. The third kappa shape index (κ3) is 3.38. The van der Waals surface area contributed by atoms with E-state index in [4.69, 9.17) is 16.9 Å². The van der Waals surface area contributed by atoms with Crippen LogP contribution in [-0.4, -0.2) is 31.1 Å². The second-order valence-corrected chi connectivity index (χ2v) is 5.29. The third-order valence-electron chi connectivity index (χ3n) is 3.41. The minimum absolute atomic E-state index is 0.446. The summed E-state index contributed by atoms with van der Waals surface area (Å²) < 4.78 is 0. The highest BCUT2D eigenvalue weighted by Gasteiger charge is 2.15. The molecule has 1 aliphatic heterocycles. The average molecular weight is 264 g/mol. The molecule has 0 radical (unpaired) electrons. The van der Waals surface area contributed by atoms with Crippen molar-refractivity contribution >= 4 is 17.3 Å². The SMILES string of the molecule is CN1CCCC(Nc2cc(C#N)ccc2Cl)CC1. The molecule has 1 heterocycles. The molecule has 3 nitrogen and oxygen atoms in total. The molecule has 1 saturated heterocycles. The zero-order valence-electron chi connectivity index (χ0n) is 10.6. The Bertz CT molecular complexity index is 453. The van der Waals surface area contributed by atoms with Gasteiger partial charge in [-0.15, -0.1) is 0 Å². The molecule has 0 aromatic heterocycles. The summed E-state index contributed by atoms with van der Waals surface area (Å²) in [6.45, 7) is 2.26. The van der Waals surface area contributed by atoms with Gasteiger partial charge in [0.1, 0.15) is 0 Å². The van der Waals surface area contributed by atoms with Crippen LogP contribution < -0.4 is 5.32 Å². The first-order valence-electron chi connectivity index (χ1n) is 6.34. The summed E-state index contributed by atoms with van der Waals surface area (Å²) in [5.41, 5.74) is 1.53. The van der Waals surface area contributed by atoms with Gasteiger partial charge in [-0.05, 0) is 57.6 Å². The zero-order chi connectivity index (χ0) is 13.0. The largest absolute Gasteiger partial charge is 0.381 e. The molecule has 96 valence electrons. The molecule has 4 heteroatoms. The van der Waals surface area contributed by atoms with Crippen molar-refractivity contribution in [2.45, 2.75) is 25.3 Å². The van der Waals surface area contributed by atoms with Crippen molar-refractivity contribution in [1.29, 1.82) is 5.26 Å². The van der Waals surface area contributed by atoms with Crippen LogP contribution >= 0.6 is 11.6 Å². The van der Waals surface area contributed by atoms with Crippen molar-refractivity contribution in [2.75, 3.05) is 25.5 Å². The lowest BCUT2D eigenvalue weighted by atomic mass is 10.1. The number of anilines is 1. The molecule has 0 aliphatic carbocycles. The predicted octanol–water partition coefficient (Wildman–Crippen LogP) is 3.11. The van der Waals surface area contributed by atoms with E-state index in [1.165, 1.54) is 6.42 Å². The summed E-state index contributed by atoms with van der Waals surface area (Å²) in [7, 11) is 2.16. The highest BCUT2D eigenvalue weighted by Crippen LogP contribution is 2.25. The van der Waals surface area contributed by atoms with E-state index >= 15 is 0 Å². The van der Waals surface area contributed by atoms with E-state index in [9.17, 15) is 0 Å². The van der Waals surface area contributed by atoms with Gasteiger partial charge >= 0.3 is 0 Å². The first-order chi connectivity index (χ1) is 8.69. The number of halogens is 1. The Kier molecular flexibility index (Phi) is 4.46. The molecule has 0 spiro atoms. The lowest BCUT2D eigenvalue weighted by Crippen LogP contribution is -2.23. The Morgan fingerprint density at radius 3 is 3.00 bits per heavy atom. The topological polar surface area (TPSA) is 39.1 Å². The number of likely N-dealkylation sites (tertiary alicyclic amines) is 1. The predicted molar refractivity (Wildman–Crippen MR) is 74.9 cm³/mol. The van der Waals surface area contributed by atoms with Crippen LogP contribution in [0.5, 0.6) is 0 Å². The second kappa shape index (κ2) is 6.08. The Hall–Kier alpha value is -1.24. The van der Waals surface area contributed by atoms with Crippen molar-refractivity contribution in [2.24, 2.45) is 0 Å². The molecule has 1 aliphatic rings. The van der Waals surface area contributed by atoms with Crippen LogP contribution in [0.15, 0.2) is 18.2 Å². The number of rotatable bonds is 2. The number of hydrogen-bond acceptors (Lipinski definition) is 3. The highest BCUT2D eigenvalue weighted by atomic mass is 35.5. The Labute approximate surface area is 113 Å². The standard InChI is InChI=1S/C14H18ClN3/c1-18-7-2-3-12(6-8-18)17-14-9-11(10-16)4-5-13(14)15/h4-5,9,12,17H,2-3,6-8H2,1H3. The molecule has 1 N–H and O–H groups in total. The Morgan fingerprint density at radius 2 is 2.22 bits per heavy atom. The van der Waals surface area contributed by atoms with Gasteiger partial charge in [-0.3, -0.25) is 0 Å². The van der Waals surface area contributed by atoms with Gasteiger partial charge in [0, 0.05) is 6.04 Å². The molecule has 1 atom stereocenters. The first kappa shape index (κ1) is 13.2. The maximum atomic E-state index is 8.91. The summed E-state index contributed by atoms with van der Waals surface area (Å²) in [5, 5.41) is 13.1. The maximum Gasteiger partial charge on any atom is 0.0992 e. The van der Waals surface area contributed by atoms with Gasteiger partial charge in [0.25, 0.3) is 0 Å². The zero-order valence-corrected chi connectivity index (χ0v) is 11.4. The first-order valence-corrected chi connectivity index (χ1v) is 6.71. The van der Waals surface area contributed by atoms with Crippen LogP contribution in [0.25, 0.3) is 0 Å². The van der Waals surface area contributed by atoms with Crippen molar-refractivity contribution in [3.8, 4) is 6.07 Å². The number of nitrogens with zero attached hydrogens (tertiary/aromatic N) is 2. The normalized spacial score (nSPS) is 21.1. The van der Waals surface area contributed by atoms with E-state index < -0.39 is 0 Å². The van der Waals surface area contributed by atoms with Crippen molar-refractivity contribution in [3.05, 3.63) is 28.8 Å². The lowest BCUT2D eigenvalue weighted by molar-refractivity contribution is 0.348. The summed E-state index contributed by atoms with van der Waals surface area (Å²) in [6, 6.07) is 7.95. The fourth-order valence-corrected chi connectivity index (χ4v) is 2.48. The van der Waals surface area contributed by atoms with Crippen LogP contribution in [0.3, 0.4) is 0 Å². The molecule has 0 saturated carbocycles. The van der Waals surface area contributed by atoms with E-state index in [1.807, 2.05) is 6.07 Å². The fourth-order valence-electron chi connectivity index (χ4n) is 2.31. The van der Waals surface area contributed by atoms with Crippen LogP contribution in [0.1, 0.15) is 24.8 Å². The van der Waals surface area contributed by atoms with Crippen LogP contribution in [0.4, 0.5) is 5.69 Å². The molecular weight excluding hydrogens is 246 g/mol. The molecule has 1 unspecified atom stereocenters. The van der Waals surface area contributed by atoms with Gasteiger partial charge in [0.15, 0.2) is 0 Å². The number of benzene rings is 1. The van der Waals surface area contributed by atoms with E-state index in [1.54, 1.807) is 12.1 Å². The van der Waals surface area contributed by atoms with Crippen molar-refractivity contribution < 1.29 is 0 Å². The van der Waals surface area contributed by atoms with Crippen molar-refractivity contribution in [3.63, 3.8) is 0 Å². The summed E-state index contributed by atoms with van der Waals surface area (Å²) in [6.07, 6.45) is 3.46. The summed E-state index contributed by atoms with van der Waals surface area (Å²) in [4.78, 5) is 2.36.